The Morgan fingerprint density at radius 1 is 1.27 bits per heavy atom. The van der Waals surface area contributed by atoms with Gasteiger partial charge in [-0.1, -0.05) is 0 Å². The quantitative estimate of drug-likeness (QED) is 0.581. The lowest BCUT2D eigenvalue weighted by Gasteiger charge is -2.03. The van der Waals surface area contributed by atoms with E-state index >= 15 is 0 Å². The molecule has 3 N–H and O–H groups in total. The van der Waals surface area contributed by atoms with Gasteiger partial charge in [0.25, 0.3) is 5.91 Å². The van der Waals surface area contributed by atoms with Gasteiger partial charge in [-0.2, -0.15) is 5.10 Å². The van der Waals surface area contributed by atoms with Crippen molar-refractivity contribution in [2.75, 3.05) is 14.2 Å². The number of hydrogen-bond donors (Lipinski definition) is 3. The third kappa shape index (κ3) is 4.88. The molecule has 1 aromatic heterocycles. The number of ether oxygens (including phenoxy) is 1. The molecule has 0 atom stereocenters. The van der Waals surface area contributed by atoms with Gasteiger partial charge in [-0.3, -0.25) is 9.78 Å². The molecule has 2 rings (SSSR count). The molecule has 0 unspecified atom stereocenters. The van der Waals surface area contributed by atoms with Crippen molar-refractivity contribution >= 4 is 12.1 Å². The fourth-order valence-corrected chi connectivity index (χ4v) is 1.51. The van der Waals surface area contributed by atoms with Crippen molar-refractivity contribution in [3.05, 3.63) is 53.9 Å². The Balaban J connectivity index is 0.00000116. The number of nitrogens with one attached hydrogen (secondary N) is 1. The summed E-state index contributed by atoms with van der Waals surface area (Å²) in [5, 5.41) is 20.3. The highest BCUT2D eigenvalue weighted by molar-refractivity contribution is 5.94. The molecule has 116 valence electrons. The molecule has 2 aromatic rings. The largest absolute Gasteiger partial charge is 0.504 e. The van der Waals surface area contributed by atoms with Crippen molar-refractivity contribution in [3.63, 3.8) is 0 Å². The topological polar surface area (TPSA) is 104 Å². The predicted molar refractivity (Wildman–Crippen MR) is 82.1 cm³/mol. The number of pyridine rings is 1. The lowest BCUT2D eigenvalue weighted by Crippen LogP contribution is -2.17. The van der Waals surface area contributed by atoms with Gasteiger partial charge < -0.3 is 14.9 Å². The zero-order valence-electron chi connectivity index (χ0n) is 12.2. The van der Waals surface area contributed by atoms with Crippen LogP contribution in [-0.4, -0.2) is 41.5 Å². The number of aromatic hydroxyl groups is 1. The summed E-state index contributed by atoms with van der Waals surface area (Å²) in [6, 6.07) is 7.94. The maximum absolute atomic E-state index is 11.7. The van der Waals surface area contributed by atoms with Crippen molar-refractivity contribution in [1.82, 2.24) is 10.4 Å². The molecule has 7 heteroatoms. The van der Waals surface area contributed by atoms with Crippen LogP contribution in [-0.2, 0) is 0 Å². The summed E-state index contributed by atoms with van der Waals surface area (Å²) in [6.07, 6.45) is 4.52. The number of aliphatic hydroxyl groups excluding tert-OH is 1. The lowest BCUT2D eigenvalue weighted by molar-refractivity contribution is 0.0955. The smallest absolute Gasteiger partial charge is 0.271 e. The Hall–Kier alpha value is -2.93. The molecule has 0 saturated carbocycles. The standard InChI is InChI=1S/C14H13N3O3.CH4O/c1-20-13-8-10(2-3-12(13)18)9-16-17-14(19)11-4-6-15-7-5-11;1-2/h2-9,18H,1H3,(H,17,19);2H,1H3/b16-9+;. The number of methoxy groups -OCH3 is 1. The summed E-state index contributed by atoms with van der Waals surface area (Å²) in [5.41, 5.74) is 3.56. The normalized spacial score (nSPS) is 9.77. The summed E-state index contributed by atoms with van der Waals surface area (Å²) in [4.78, 5) is 15.5. The highest BCUT2D eigenvalue weighted by atomic mass is 16.5. The van der Waals surface area contributed by atoms with Gasteiger partial charge in [-0.15, -0.1) is 0 Å². The van der Waals surface area contributed by atoms with Crippen molar-refractivity contribution < 1.29 is 19.7 Å². The van der Waals surface area contributed by atoms with E-state index in [0.29, 0.717) is 16.9 Å². The van der Waals surface area contributed by atoms with Crippen LogP contribution in [0.2, 0.25) is 0 Å². The molecule has 0 spiro atoms. The van der Waals surface area contributed by atoms with Crippen LogP contribution in [0.5, 0.6) is 11.5 Å². The van der Waals surface area contributed by atoms with Crippen molar-refractivity contribution in [1.29, 1.82) is 0 Å². The second-order valence-electron chi connectivity index (χ2n) is 3.87. The molecule has 0 radical (unpaired) electrons. The van der Waals surface area contributed by atoms with Gasteiger partial charge in [0.15, 0.2) is 11.5 Å². The number of hydrazone groups is 1. The Labute approximate surface area is 127 Å². The summed E-state index contributed by atoms with van der Waals surface area (Å²) < 4.78 is 4.98. The number of phenolic OH excluding ortho intramolecular Hbond substituents is 1. The number of aliphatic hydroxyl groups is 1. The van der Waals surface area contributed by atoms with E-state index in [9.17, 15) is 9.90 Å². The Morgan fingerprint density at radius 2 is 1.95 bits per heavy atom. The average Bonchev–Trinajstić information content (AvgIpc) is 2.59. The number of nitrogens with zero attached hydrogens (tertiary/aromatic N) is 2. The molecule has 0 saturated heterocycles. The van der Waals surface area contributed by atoms with Crippen LogP contribution in [0, 0.1) is 0 Å². The minimum atomic E-state index is -0.325. The molecular weight excluding hydrogens is 286 g/mol. The van der Waals surface area contributed by atoms with Crippen LogP contribution in [0.15, 0.2) is 47.8 Å². The number of hydrogen-bond acceptors (Lipinski definition) is 6. The van der Waals surface area contributed by atoms with E-state index in [-0.39, 0.29) is 11.7 Å². The third-order valence-corrected chi connectivity index (χ3v) is 2.53. The number of carbonyl (C=O) groups is 1. The first kappa shape index (κ1) is 17.1. The predicted octanol–water partition coefficient (Wildman–Crippen LogP) is 1.17. The van der Waals surface area contributed by atoms with Gasteiger partial charge in [0, 0.05) is 25.1 Å². The number of aromatic nitrogens is 1. The molecule has 1 heterocycles. The monoisotopic (exact) mass is 303 g/mol. The summed E-state index contributed by atoms with van der Waals surface area (Å²) in [5.74, 6) is 0.0641. The number of rotatable bonds is 4. The van der Waals surface area contributed by atoms with Gasteiger partial charge in [0.1, 0.15) is 0 Å². The molecule has 0 aliphatic heterocycles. The molecule has 7 nitrogen and oxygen atoms in total. The first-order chi connectivity index (χ1) is 10.7. The highest BCUT2D eigenvalue weighted by Gasteiger charge is 2.03. The van der Waals surface area contributed by atoms with Crippen LogP contribution in [0.25, 0.3) is 0 Å². The van der Waals surface area contributed by atoms with E-state index in [4.69, 9.17) is 9.84 Å². The second kappa shape index (κ2) is 9.09. The highest BCUT2D eigenvalue weighted by Crippen LogP contribution is 2.25. The molecule has 1 amide bonds. The minimum Gasteiger partial charge on any atom is -0.504 e. The second-order valence-corrected chi connectivity index (χ2v) is 3.87. The number of carbonyl (C=O) groups excluding carboxylic acids is 1. The van der Waals surface area contributed by atoms with Crippen molar-refractivity contribution in [2.45, 2.75) is 0 Å². The van der Waals surface area contributed by atoms with E-state index in [0.717, 1.165) is 7.11 Å². The van der Waals surface area contributed by atoms with Gasteiger partial charge in [-0.05, 0) is 35.9 Å². The average molecular weight is 303 g/mol. The van der Waals surface area contributed by atoms with Gasteiger partial charge in [0.2, 0.25) is 0 Å². The van der Waals surface area contributed by atoms with Crippen molar-refractivity contribution in [3.8, 4) is 11.5 Å². The van der Waals surface area contributed by atoms with Crippen LogP contribution in [0.1, 0.15) is 15.9 Å². The van der Waals surface area contributed by atoms with Crippen molar-refractivity contribution in [2.24, 2.45) is 5.10 Å². The van der Waals surface area contributed by atoms with Crippen LogP contribution in [0.4, 0.5) is 0 Å². The summed E-state index contributed by atoms with van der Waals surface area (Å²) in [7, 11) is 2.46. The van der Waals surface area contributed by atoms with Gasteiger partial charge >= 0.3 is 0 Å². The minimum absolute atomic E-state index is 0.0467. The summed E-state index contributed by atoms with van der Waals surface area (Å²) >= 11 is 0. The lowest BCUT2D eigenvalue weighted by atomic mass is 10.2. The number of amides is 1. The van der Waals surface area contributed by atoms with E-state index < -0.39 is 0 Å². The first-order valence-electron chi connectivity index (χ1n) is 6.26. The molecule has 0 fully saturated rings. The van der Waals surface area contributed by atoms with E-state index in [1.807, 2.05) is 0 Å². The molecule has 0 bridgehead atoms. The van der Waals surface area contributed by atoms with Crippen LogP contribution >= 0.6 is 0 Å². The molecule has 0 aliphatic carbocycles. The first-order valence-corrected chi connectivity index (χ1v) is 6.26. The molecule has 0 aliphatic rings. The SMILES string of the molecule is CO.COc1cc(/C=N/NC(=O)c2ccncc2)ccc1O. The van der Waals surface area contributed by atoms with Crippen LogP contribution in [0.3, 0.4) is 0 Å². The zero-order chi connectivity index (χ0) is 16.4. The Morgan fingerprint density at radius 3 is 2.59 bits per heavy atom. The van der Waals surface area contributed by atoms with E-state index in [1.54, 1.807) is 24.3 Å². The maximum atomic E-state index is 11.7. The third-order valence-electron chi connectivity index (χ3n) is 2.53. The van der Waals surface area contributed by atoms with Gasteiger partial charge in [-0.25, -0.2) is 5.43 Å². The van der Waals surface area contributed by atoms with E-state index in [1.165, 1.54) is 31.8 Å². The summed E-state index contributed by atoms with van der Waals surface area (Å²) in [6.45, 7) is 0. The fraction of sp³-hybridized carbons (Fsp3) is 0.133. The molecule has 1 aromatic carbocycles. The number of benzene rings is 1. The zero-order valence-corrected chi connectivity index (χ0v) is 12.2. The van der Waals surface area contributed by atoms with Crippen LogP contribution < -0.4 is 10.2 Å². The fourth-order valence-electron chi connectivity index (χ4n) is 1.51. The molecule has 22 heavy (non-hydrogen) atoms. The van der Waals surface area contributed by atoms with Gasteiger partial charge in [0.05, 0.1) is 13.3 Å². The maximum Gasteiger partial charge on any atom is 0.271 e. The Bertz CT molecular complexity index is 630. The molecular formula is C15H17N3O4. The Kier molecular flexibility index (Phi) is 7.07. The number of phenols is 1. The van der Waals surface area contributed by atoms with E-state index in [2.05, 4.69) is 15.5 Å².